The molecule has 3 nitrogen and oxygen atoms in total. The fourth-order valence-electron chi connectivity index (χ4n) is 2.06. The van der Waals surface area contributed by atoms with Gasteiger partial charge in [-0.3, -0.25) is 4.99 Å². The van der Waals surface area contributed by atoms with Crippen LogP contribution in [0, 0.1) is 0 Å². The van der Waals surface area contributed by atoms with Crippen molar-refractivity contribution in [1.82, 2.24) is 0 Å². The average molecular weight is 263 g/mol. The van der Waals surface area contributed by atoms with Gasteiger partial charge in [-0.25, -0.2) is 0 Å². The zero-order valence-corrected chi connectivity index (χ0v) is 10.7. The van der Waals surface area contributed by atoms with Crippen LogP contribution < -0.4 is 0 Å². The highest BCUT2D eigenvalue weighted by Gasteiger charge is 2.02. The van der Waals surface area contributed by atoms with Crippen LogP contribution in [0.5, 0.6) is 11.5 Å². The van der Waals surface area contributed by atoms with Crippen molar-refractivity contribution in [3.63, 3.8) is 0 Å². The van der Waals surface area contributed by atoms with Crippen LogP contribution in [-0.4, -0.2) is 16.4 Å². The molecular formula is C17H13NO2. The number of hydrogen-bond acceptors (Lipinski definition) is 3. The molecule has 20 heavy (non-hydrogen) atoms. The summed E-state index contributed by atoms with van der Waals surface area (Å²) in [6.45, 7) is 0. The highest BCUT2D eigenvalue weighted by molar-refractivity contribution is 5.94. The molecule has 0 spiro atoms. The Morgan fingerprint density at radius 3 is 2.15 bits per heavy atom. The lowest BCUT2D eigenvalue weighted by Crippen LogP contribution is -1.83. The molecule has 0 aromatic heterocycles. The summed E-state index contributed by atoms with van der Waals surface area (Å²) in [7, 11) is 0. The Morgan fingerprint density at radius 1 is 0.750 bits per heavy atom. The van der Waals surface area contributed by atoms with Crippen molar-refractivity contribution < 1.29 is 10.2 Å². The molecule has 0 bridgehead atoms. The van der Waals surface area contributed by atoms with Gasteiger partial charge in [0, 0.05) is 11.8 Å². The van der Waals surface area contributed by atoms with Gasteiger partial charge in [0.2, 0.25) is 0 Å². The molecule has 3 aromatic rings. The average Bonchev–Trinajstić information content (AvgIpc) is 2.46. The van der Waals surface area contributed by atoms with Crippen molar-refractivity contribution in [3.05, 3.63) is 66.2 Å². The first-order chi connectivity index (χ1) is 9.74. The van der Waals surface area contributed by atoms with Crippen LogP contribution in [0.2, 0.25) is 0 Å². The van der Waals surface area contributed by atoms with E-state index in [4.69, 9.17) is 0 Å². The maximum atomic E-state index is 10.0. The largest absolute Gasteiger partial charge is 0.507 e. The fourth-order valence-corrected chi connectivity index (χ4v) is 2.06. The fraction of sp³-hybridized carbons (Fsp3) is 0. The van der Waals surface area contributed by atoms with Gasteiger partial charge in [-0.1, -0.05) is 36.4 Å². The minimum Gasteiger partial charge on any atom is -0.507 e. The summed E-state index contributed by atoms with van der Waals surface area (Å²) in [5.41, 5.74) is 1.09. The van der Waals surface area contributed by atoms with E-state index in [1.54, 1.807) is 36.5 Å². The predicted octanol–water partition coefficient (Wildman–Crippen LogP) is 4.00. The molecule has 0 aliphatic heterocycles. The maximum Gasteiger partial charge on any atom is 0.141 e. The summed E-state index contributed by atoms with van der Waals surface area (Å²) < 4.78 is 0. The van der Waals surface area contributed by atoms with Crippen LogP contribution in [0.25, 0.3) is 10.8 Å². The Balaban J connectivity index is 2.02. The molecule has 0 fully saturated rings. The molecule has 0 amide bonds. The summed E-state index contributed by atoms with van der Waals surface area (Å²) in [4.78, 5) is 4.21. The zero-order valence-electron chi connectivity index (χ0n) is 10.7. The topological polar surface area (TPSA) is 52.8 Å². The Kier molecular flexibility index (Phi) is 3.09. The van der Waals surface area contributed by atoms with Crippen molar-refractivity contribution in [1.29, 1.82) is 0 Å². The predicted molar refractivity (Wildman–Crippen MR) is 81.0 cm³/mol. The van der Waals surface area contributed by atoms with Crippen LogP contribution in [0.3, 0.4) is 0 Å². The third-order valence-electron chi connectivity index (χ3n) is 3.12. The van der Waals surface area contributed by atoms with Gasteiger partial charge in [-0.2, -0.15) is 0 Å². The van der Waals surface area contributed by atoms with E-state index < -0.39 is 0 Å². The summed E-state index contributed by atoms with van der Waals surface area (Å²) in [6, 6.07) is 18.2. The molecule has 0 aliphatic carbocycles. The number of hydrogen-bond donors (Lipinski definition) is 2. The molecule has 0 atom stereocenters. The minimum atomic E-state index is 0.115. The number of nitrogens with zero attached hydrogens (tertiary/aromatic N) is 1. The SMILES string of the molecule is Oc1cc2ccccc2cc1C=Nc1ccccc1O. The molecule has 3 rings (SSSR count). The van der Waals surface area contributed by atoms with Crippen LogP contribution in [0.4, 0.5) is 5.69 Å². The molecule has 0 radical (unpaired) electrons. The number of aromatic hydroxyl groups is 2. The van der Waals surface area contributed by atoms with Gasteiger partial charge in [0.25, 0.3) is 0 Å². The Bertz CT molecular complexity index is 794. The van der Waals surface area contributed by atoms with Gasteiger partial charge in [0.15, 0.2) is 0 Å². The number of para-hydroxylation sites is 2. The van der Waals surface area contributed by atoms with Crippen molar-refractivity contribution in [2.24, 2.45) is 4.99 Å². The van der Waals surface area contributed by atoms with Gasteiger partial charge in [-0.15, -0.1) is 0 Å². The maximum absolute atomic E-state index is 10.0. The molecule has 0 saturated carbocycles. The first-order valence-electron chi connectivity index (χ1n) is 6.28. The number of aliphatic imine (C=N–C) groups is 1. The Labute approximate surface area is 116 Å². The smallest absolute Gasteiger partial charge is 0.141 e. The van der Waals surface area contributed by atoms with E-state index in [9.17, 15) is 10.2 Å². The van der Waals surface area contributed by atoms with Crippen molar-refractivity contribution in [2.45, 2.75) is 0 Å². The molecular weight excluding hydrogens is 250 g/mol. The van der Waals surface area contributed by atoms with Crippen molar-refractivity contribution in [2.75, 3.05) is 0 Å². The standard InChI is InChI=1S/C17H13NO2/c19-16-8-4-3-7-15(16)18-11-14-9-12-5-1-2-6-13(12)10-17(14)20/h1-11,19-20H. The lowest BCUT2D eigenvalue weighted by molar-refractivity contribution is 0.474. The number of phenols is 2. The van der Waals surface area contributed by atoms with Crippen LogP contribution >= 0.6 is 0 Å². The second-order valence-electron chi connectivity index (χ2n) is 4.51. The van der Waals surface area contributed by atoms with Crippen LogP contribution in [0.1, 0.15) is 5.56 Å². The first-order valence-corrected chi connectivity index (χ1v) is 6.28. The number of fused-ring (bicyclic) bond motifs is 1. The van der Waals surface area contributed by atoms with E-state index in [2.05, 4.69) is 4.99 Å². The van der Waals surface area contributed by atoms with E-state index in [-0.39, 0.29) is 11.5 Å². The third kappa shape index (κ3) is 2.34. The van der Waals surface area contributed by atoms with Gasteiger partial charge in [0.1, 0.15) is 17.2 Å². The second kappa shape index (κ2) is 5.05. The highest BCUT2D eigenvalue weighted by atomic mass is 16.3. The summed E-state index contributed by atoms with van der Waals surface area (Å²) in [6.07, 6.45) is 1.55. The molecule has 0 saturated heterocycles. The lowest BCUT2D eigenvalue weighted by atomic mass is 10.1. The van der Waals surface area contributed by atoms with E-state index in [1.165, 1.54) is 0 Å². The number of phenolic OH excluding ortho intramolecular Hbond substituents is 2. The monoisotopic (exact) mass is 263 g/mol. The quantitative estimate of drug-likeness (QED) is 0.686. The molecule has 98 valence electrons. The molecule has 3 heteroatoms. The van der Waals surface area contributed by atoms with Gasteiger partial charge in [-0.05, 0) is 35.0 Å². The minimum absolute atomic E-state index is 0.115. The highest BCUT2D eigenvalue weighted by Crippen LogP contribution is 2.27. The van der Waals surface area contributed by atoms with E-state index in [0.29, 0.717) is 11.3 Å². The third-order valence-corrected chi connectivity index (χ3v) is 3.12. The first kappa shape index (κ1) is 12.2. The van der Waals surface area contributed by atoms with E-state index in [1.807, 2.05) is 30.3 Å². The summed E-state index contributed by atoms with van der Waals surface area (Å²) in [5, 5.41) is 21.7. The van der Waals surface area contributed by atoms with E-state index >= 15 is 0 Å². The molecule has 3 aromatic carbocycles. The normalized spacial score (nSPS) is 11.2. The van der Waals surface area contributed by atoms with Gasteiger partial charge < -0.3 is 10.2 Å². The van der Waals surface area contributed by atoms with Crippen molar-refractivity contribution >= 4 is 22.7 Å². The number of benzene rings is 3. The molecule has 0 unspecified atom stereocenters. The zero-order chi connectivity index (χ0) is 13.9. The van der Waals surface area contributed by atoms with Gasteiger partial charge >= 0.3 is 0 Å². The van der Waals surface area contributed by atoms with Crippen molar-refractivity contribution in [3.8, 4) is 11.5 Å². The Morgan fingerprint density at radius 2 is 1.40 bits per heavy atom. The second-order valence-corrected chi connectivity index (χ2v) is 4.51. The molecule has 0 heterocycles. The summed E-state index contributed by atoms with van der Waals surface area (Å²) in [5.74, 6) is 0.284. The molecule has 0 aliphatic rings. The van der Waals surface area contributed by atoms with Gasteiger partial charge in [0.05, 0.1) is 0 Å². The van der Waals surface area contributed by atoms with Crippen LogP contribution in [0.15, 0.2) is 65.7 Å². The molecule has 2 N–H and O–H groups in total. The Hall–Kier alpha value is -2.81. The summed E-state index contributed by atoms with van der Waals surface area (Å²) >= 11 is 0. The lowest BCUT2D eigenvalue weighted by Gasteiger charge is -2.03. The van der Waals surface area contributed by atoms with Crippen LogP contribution in [-0.2, 0) is 0 Å². The van der Waals surface area contributed by atoms with E-state index in [0.717, 1.165) is 10.8 Å². The number of rotatable bonds is 2.